The monoisotopic (exact) mass is 401 g/mol. The highest BCUT2D eigenvalue weighted by molar-refractivity contribution is 5.61. The Morgan fingerprint density at radius 2 is 1.97 bits per heavy atom. The van der Waals surface area contributed by atoms with Crippen molar-refractivity contribution < 1.29 is 14.4 Å². The number of rotatable bonds is 9. The highest BCUT2D eigenvalue weighted by atomic mass is 16.6. The molecule has 29 heavy (non-hydrogen) atoms. The first kappa shape index (κ1) is 20.9. The predicted octanol–water partition coefficient (Wildman–Crippen LogP) is 3.43. The number of anilines is 1. The third-order valence-electron chi connectivity index (χ3n) is 4.78. The average molecular weight is 401 g/mol. The van der Waals surface area contributed by atoms with E-state index in [0.717, 1.165) is 44.8 Å². The molecule has 1 N–H and O–H groups in total. The van der Waals surface area contributed by atoms with Crippen molar-refractivity contribution in [3.05, 3.63) is 46.3 Å². The van der Waals surface area contributed by atoms with Gasteiger partial charge in [0.2, 0.25) is 5.82 Å². The molecule has 0 bridgehead atoms. The summed E-state index contributed by atoms with van der Waals surface area (Å²) in [7, 11) is 0. The highest BCUT2D eigenvalue weighted by Crippen LogP contribution is 2.34. The molecule has 0 radical (unpaired) electrons. The van der Waals surface area contributed by atoms with Crippen molar-refractivity contribution in [3.8, 4) is 11.6 Å². The summed E-state index contributed by atoms with van der Waals surface area (Å²) >= 11 is 0. The van der Waals surface area contributed by atoms with Crippen molar-refractivity contribution in [2.45, 2.75) is 26.2 Å². The summed E-state index contributed by atoms with van der Waals surface area (Å²) in [6.45, 7) is 9.01. The van der Waals surface area contributed by atoms with Crippen LogP contribution in [0.3, 0.4) is 0 Å². The quantitative estimate of drug-likeness (QED) is 0.387. The van der Waals surface area contributed by atoms with Crippen LogP contribution in [0.4, 0.5) is 11.5 Å². The van der Waals surface area contributed by atoms with Gasteiger partial charge in [-0.25, -0.2) is 4.98 Å². The van der Waals surface area contributed by atoms with E-state index in [1.54, 1.807) is 12.1 Å². The van der Waals surface area contributed by atoms with Gasteiger partial charge >= 0.3 is 11.6 Å². The van der Waals surface area contributed by atoms with Gasteiger partial charge in [-0.05, 0) is 36.6 Å². The summed E-state index contributed by atoms with van der Waals surface area (Å²) in [6, 6.07) is 7.46. The maximum absolute atomic E-state index is 11.6. The van der Waals surface area contributed by atoms with Crippen molar-refractivity contribution in [1.29, 1.82) is 0 Å². The first-order valence-corrected chi connectivity index (χ1v) is 9.85. The maximum Gasteiger partial charge on any atom is 0.373 e. The van der Waals surface area contributed by atoms with E-state index in [2.05, 4.69) is 34.0 Å². The normalized spacial score (nSPS) is 14.7. The third kappa shape index (κ3) is 5.85. The van der Waals surface area contributed by atoms with E-state index in [1.165, 1.54) is 6.33 Å². The van der Waals surface area contributed by atoms with Crippen LogP contribution in [-0.4, -0.2) is 59.2 Å². The SMILES string of the molecule is CC(C)c1ccc(Oc2ncnc(NCCCN3CCOCC3)c2[N+](=O)[O-])cc1. The molecule has 1 fully saturated rings. The number of aromatic nitrogens is 2. The van der Waals surface area contributed by atoms with Crippen LogP contribution >= 0.6 is 0 Å². The highest BCUT2D eigenvalue weighted by Gasteiger charge is 2.25. The van der Waals surface area contributed by atoms with Crippen LogP contribution in [-0.2, 0) is 4.74 Å². The molecular weight excluding hydrogens is 374 g/mol. The molecule has 1 aromatic carbocycles. The summed E-state index contributed by atoms with van der Waals surface area (Å²) < 4.78 is 11.0. The van der Waals surface area contributed by atoms with Crippen molar-refractivity contribution in [3.63, 3.8) is 0 Å². The molecule has 9 nitrogen and oxygen atoms in total. The number of nitrogens with one attached hydrogen (secondary N) is 1. The summed E-state index contributed by atoms with van der Waals surface area (Å²) in [5, 5.41) is 14.7. The molecule has 156 valence electrons. The van der Waals surface area contributed by atoms with E-state index < -0.39 is 4.92 Å². The Balaban J connectivity index is 1.64. The zero-order valence-electron chi connectivity index (χ0n) is 16.8. The van der Waals surface area contributed by atoms with Crippen LogP contribution in [0.2, 0.25) is 0 Å². The van der Waals surface area contributed by atoms with Crippen LogP contribution in [0.1, 0.15) is 31.7 Å². The largest absolute Gasteiger partial charge is 0.434 e. The van der Waals surface area contributed by atoms with Crippen LogP contribution < -0.4 is 10.1 Å². The van der Waals surface area contributed by atoms with Crippen molar-refractivity contribution in [1.82, 2.24) is 14.9 Å². The summed E-state index contributed by atoms with van der Waals surface area (Å²) in [5.74, 6) is 0.985. The van der Waals surface area contributed by atoms with Crippen molar-refractivity contribution >= 4 is 11.5 Å². The van der Waals surface area contributed by atoms with Gasteiger partial charge in [-0.1, -0.05) is 26.0 Å². The van der Waals surface area contributed by atoms with E-state index in [-0.39, 0.29) is 17.4 Å². The van der Waals surface area contributed by atoms with Gasteiger partial charge in [-0.2, -0.15) is 4.98 Å². The molecule has 1 aliphatic rings. The minimum Gasteiger partial charge on any atom is -0.434 e. The fourth-order valence-electron chi connectivity index (χ4n) is 3.10. The number of morpholine rings is 1. The summed E-state index contributed by atoms with van der Waals surface area (Å²) in [4.78, 5) is 21.5. The zero-order valence-corrected chi connectivity index (χ0v) is 16.8. The Kier molecular flexibility index (Phi) is 7.31. The fraction of sp³-hybridized carbons (Fsp3) is 0.500. The summed E-state index contributed by atoms with van der Waals surface area (Å²) in [5.41, 5.74) is 0.906. The number of hydrogen-bond acceptors (Lipinski definition) is 8. The van der Waals surface area contributed by atoms with E-state index in [1.807, 2.05) is 12.1 Å². The minimum absolute atomic E-state index is 0.0713. The molecular formula is C20H27N5O4. The van der Waals surface area contributed by atoms with E-state index in [9.17, 15) is 10.1 Å². The van der Waals surface area contributed by atoms with E-state index in [0.29, 0.717) is 18.2 Å². The standard InChI is InChI=1S/C20H27N5O4/c1-15(2)16-4-6-17(7-5-16)29-20-18(25(26)27)19(22-14-23-20)21-8-3-9-24-10-12-28-13-11-24/h4-7,14-15H,3,8-13H2,1-2H3,(H,21,22,23). The lowest BCUT2D eigenvalue weighted by Crippen LogP contribution is -2.37. The number of nitro groups is 1. The lowest BCUT2D eigenvalue weighted by molar-refractivity contribution is -0.385. The van der Waals surface area contributed by atoms with Gasteiger partial charge < -0.3 is 14.8 Å². The van der Waals surface area contributed by atoms with E-state index >= 15 is 0 Å². The first-order valence-electron chi connectivity index (χ1n) is 9.85. The smallest absolute Gasteiger partial charge is 0.373 e. The molecule has 1 saturated heterocycles. The second kappa shape index (κ2) is 10.1. The average Bonchev–Trinajstić information content (AvgIpc) is 2.72. The van der Waals surface area contributed by atoms with Gasteiger partial charge in [-0.15, -0.1) is 0 Å². The Hall–Kier alpha value is -2.78. The van der Waals surface area contributed by atoms with E-state index in [4.69, 9.17) is 9.47 Å². The number of benzene rings is 1. The first-order chi connectivity index (χ1) is 14.0. The number of nitrogens with zero attached hydrogens (tertiary/aromatic N) is 4. The molecule has 3 rings (SSSR count). The van der Waals surface area contributed by atoms with Crippen LogP contribution in [0.25, 0.3) is 0 Å². The second-order valence-corrected chi connectivity index (χ2v) is 7.19. The summed E-state index contributed by atoms with van der Waals surface area (Å²) in [6.07, 6.45) is 2.11. The Bertz CT molecular complexity index is 807. The molecule has 0 unspecified atom stereocenters. The number of ether oxygens (including phenoxy) is 2. The molecule has 2 aromatic rings. The van der Waals surface area contributed by atoms with Gasteiger partial charge in [0.1, 0.15) is 12.1 Å². The lowest BCUT2D eigenvalue weighted by Gasteiger charge is -2.26. The molecule has 1 aliphatic heterocycles. The molecule has 0 atom stereocenters. The van der Waals surface area contributed by atoms with Gasteiger partial charge in [0.15, 0.2) is 0 Å². The van der Waals surface area contributed by atoms with Gasteiger partial charge in [0.05, 0.1) is 18.1 Å². The van der Waals surface area contributed by atoms with Crippen LogP contribution in [0, 0.1) is 10.1 Å². The Morgan fingerprint density at radius 3 is 2.62 bits per heavy atom. The fourth-order valence-corrected chi connectivity index (χ4v) is 3.10. The maximum atomic E-state index is 11.6. The molecule has 0 amide bonds. The molecule has 0 spiro atoms. The van der Waals surface area contributed by atoms with Crippen LogP contribution in [0.5, 0.6) is 11.6 Å². The third-order valence-corrected chi connectivity index (χ3v) is 4.78. The van der Waals surface area contributed by atoms with Gasteiger partial charge in [-0.3, -0.25) is 15.0 Å². The molecule has 0 saturated carbocycles. The second-order valence-electron chi connectivity index (χ2n) is 7.19. The molecule has 0 aliphatic carbocycles. The van der Waals surface area contributed by atoms with Gasteiger partial charge in [0, 0.05) is 19.6 Å². The van der Waals surface area contributed by atoms with Crippen molar-refractivity contribution in [2.24, 2.45) is 0 Å². The van der Waals surface area contributed by atoms with Crippen LogP contribution in [0.15, 0.2) is 30.6 Å². The lowest BCUT2D eigenvalue weighted by atomic mass is 10.0. The zero-order chi connectivity index (χ0) is 20.6. The van der Waals surface area contributed by atoms with Gasteiger partial charge in [0.25, 0.3) is 0 Å². The van der Waals surface area contributed by atoms with Crippen molar-refractivity contribution in [2.75, 3.05) is 44.7 Å². The molecule has 1 aromatic heterocycles. The Labute approximate surface area is 170 Å². The number of hydrogen-bond donors (Lipinski definition) is 1. The Morgan fingerprint density at radius 1 is 1.24 bits per heavy atom. The topological polar surface area (TPSA) is 103 Å². The molecule has 2 heterocycles. The molecule has 9 heteroatoms. The minimum atomic E-state index is -0.512. The predicted molar refractivity (Wildman–Crippen MR) is 110 cm³/mol.